The highest BCUT2D eigenvalue weighted by molar-refractivity contribution is 5.74. The van der Waals surface area contributed by atoms with E-state index in [-0.39, 0.29) is 29.5 Å². The number of aromatic nitrogens is 1. The highest BCUT2D eigenvalue weighted by Crippen LogP contribution is 2.59. The predicted molar refractivity (Wildman–Crippen MR) is 143 cm³/mol. The van der Waals surface area contributed by atoms with Crippen LogP contribution >= 0.6 is 0 Å². The van der Waals surface area contributed by atoms with Gasteiger partial charge in [0.1, 0.15) is 11.2 Å². The minimum absolute atomic E-state index is 0.0531. The van der Waals surface area contributed by atoms with Crippen molar-refractivity contribution in [2.75, 3.05) is 52.4 Å². The Morgan fingerprint density at radius 2 is 1.61 bits per heavy atom. The van der Waals surface area contributed by atoms with Gasteiger partial charge in [-0.25, -0.2) is 4.79 Å². The molecule has 3 N–H and O–H groups in total. The average molecular weight is 577 g/mol. The topological polar surface area (TPSA) is 117 Å². The largest absolute Gasteiger partial charge is 0.494 e. The van der Waals surface area contributed by atoms with Gasteiger partial charge in [-0.3, -0.25) is 14.4 Å². The first-order valence-corrected chi connectivity index (χ1v) is 13.7. The lowest BCUT2D eigenvalue weighted by Gasteiger charge is -2.44. The van der Waals surface area contributed by atoms with Crippen molar-refractivity contribution < 1.29 is 32.9 Å². The number of urea groups is 1. The normalized spacial score (nSPS) is 24.9. The van der Waals surface area contributed by atoms with Gasteiger partial charge >= 0.3 is 12.2 Å². The Morgan fingerprint density at radius 1 is 1.05 bits per heavy atom. The summed E-state index contributed by atoms with van der Waals surface area (Å²) in [5.41, 5.74) is -3.12. The van der Waals surface area contributed by atoms with Crippen molar-refractivity contribution in [3.63, 3.8) is 0 Å². The summed E-state index contributed by atoms with van der Waals surface area (Å²) in [5.74, 6) is -0.779. The SMILES string of the molecule is CC(C)NC(=O)N1CCN(CCN2C[C@@]3(C)O[C@@](C)(C2)c2c3c(O)n(-c3ccc(C#N)c(C(F)(F)F)c3)c2O)CC1. The van der Waals surface area contributed by atoms with Gasteiger partial charge in [0.15, 0.2) is 0 Å². The van der Waals surface area contributed by atoms with E-state index < -0.39 is 28.5 Å². The second-order valence-corrected chi connectivity index (χ2v) is 11.8. The molecule has 10 nitrogen and oxygen atoms in total. The minimum Gasteiger partial charge on any atom is -0.494 e. The van der Waals surface area contributed by atoms with Crippen LogP contribution in [0.4, 0.5) is 18.0 Å². The number of morpholine rings is 1. The fourth-order valence-electron chi connectivity index (χ4n) is 6.48. The molecule has 222 valence electrons. The van der Waals surface area contributed by atoms with E-state index in [1.54, 1.807) is 19.9 Å². The standard InChI is InChI=1S/C28H35F3N6O4/c1-17(2)33-25(40)36-11-9-34(10-12-36)7-8-35-15-26(3)21-22(27(4,16-35)41-26)24(39)37(23(21)38)19-6-5-18(14-32)20(13-19)28(29,30)31/h5-6,13,17,38-39H,7-12,15-16H2,1-4H3,(H,33,40)/t26-,27+. The maximum absolute atomic E-state index is 13.6. The molecule has 2 atom stereocenters. The lowest BCUT2D eigenvalue weighted by atomic mass is 9.94. The minimum atomic E-state index is -4.78. The van der Waals surface area contributed by atoms with E-state index >= 15 is 0 Å². The highest BCUT2D eigenvalue weighted by Gasteiger charge is 2.58. The van der Waals surface area contributed by atoms with Crippen molar-refractivity contribution in [3.8, 4) is 23.5 Å². The number of halogens is 3. The molecule has 0 unspecified atom stereocenters. The van der Waals surface area contributed by atoms with E-state index in [0.29, 0.717) is 43.9 Å². The number of aromatic hydroxyl groups is 2. The number of piperazine rings is 1. The number of ether oxygens (including phenoxy) is 1. The zero-order valence-corrected chi connectivity index (χ0v) is 23.5. The second kappa shape index (κ2) is 10.1. The maximum atomic E-state index is 13.6. The van der Waals surface area contributed by atoms with Crippen LogP contribution in [-0.4, -0.2) is 93.9 Å². The van der Waals surface area contributed by atoms with Gasteiger partial charge in [0.05, 0.1) is 34.0 Å². The predicted octanol–water partition coefficient (Wildman–Crippen LogP) is 3.29. The van der Waals surface area contributed by atoms with Crippen LogP contribution in [-0.2, 0) is 22.1 Å². The molecule has 1 aromatic heterocycles. The Bertz CT molecular complexity index is 1350. The molecule has 0 saturated carbocycles. The maximum Gasteiger partial charge on any atom is 0.417 e. The molecule has 4 heterocycles. The lowest BCUT2D eigenvalue weighted by molar-refractivity contribution is -0.187. The third-order valence-corrected chi connectivity index (χ3v) is 8.17. The molecule has 2 aromatic rings. The Labute approximate surface area is 236 Å². The zero-order chi connectivity index (χ0) is 29.9. The quantitative estimate of drug-likeness (QED) is 0.500. The molecule has 3 aliphatic rings. The number of hydrogen-bond donors (Lipinski definition) is 3. The monoisotopic (exact) mass is 576 g/mol. The molecule has 41 heavy (non-hydrogen) atoms. The number of nitrogens with one attached hydrogen (secondary N) is 1. The van der Waals surface area contributed by atoms with Gasteiger partial charge < -0.3 is 25.2 Å². The van der Waals surface area contributed by atoms with Crippen LogP contribution in [0.5, 0.6) is 11.8 Å². The summed E-state index contributed by atoms with van der Waals surface area (Å²) in [4.78, 5) is 18.6. The first kappa shape index (κ1) is 29.0. The van der Waals surface area contributed by atoms with Crippen LogP contribution in [0.2, 0.25) is 0 Å². The molecule has 2 amide bonds. The summed E-state index contributed by atoms with van der Waals surface area (Å²) >= 11 is 0. The second-order valence-electron chi connectivity index (χ2n) is 11.8. The van der Waals surface area contributed by atoms with Crippen molar-refractivity contribution in [1.29, 1.82) is 5.26 Å². The molecular weight excluding hydrogens is 541 g/mol. The van der Waals surface area contributed by atoms with Crippen molar-refractivity contribution in [2.24, 2.45) is 0 Å². The van der Waals surface area contributed by atoms with Crippen molar-refractivity contribution >= 4 is 6.03 Å². The average Bonchev–Trinajstić information content (AvgIpc) is 3.26. The van der Waals surface area contributed by atoms with Crippen molar-refractivity contribution in [3.05, 3.63) is 40.5 Å². The smallest absolute Gasteiger partial charge is 0.417 e. The van der Waals surface area contributed by atoms with Gasteiger partial charge in [-0.05, 0) is 45.9 Å². The van der Waals surface area contributed by atoms with Gasteiger partial charge in [-0.2, -0.15) is 18.4 Å². The van der Waals surface area contributed by atoms with E-state index in [1.165, 1.54) is 6.07 Å². The van der Waals surface area contributed by atoms with Crippen LogP contribution in [0, 0.1) is 11.3 Å². The number of nitrogens with zero attached hydrogens (tertiary/aromatic N) is 5. The highest BCUT2D eigenvalue weighted by atomic mass is 19.4. The first-order valence-electron chi connectivity index (χ1n) is 13.7. The molecule has 0 radical (unpaired) electrons. The number of fused-ring (bicyclic) bond motifs is 5. The third kappa shape index (κ3) is 5.09. The Balaban J connectivity index is 1.33. The number of hydrogen-bond acceptors (Lipinski definition) is 7. The Hall–Kier alpha value is -3.47. The summed E-state index contributed by atoms with van der Waals surface area (Å²) in [5, 5.41) is 34.6. The van der Waals surface area contributed by atoms with Gasteiger partial charge in [0.2, 0.25) is 11.8 Å². The number of alkyl halides is 3. The fourth-order valence-corrected chi connectivity index (χ4v) is 6.48. The van der Waals surface area contributed by atoms with E-state index in [1.807, 2.05) is 18.7 Å². The van der Waals surface area contributed by atoms with E-state index in [2.05, 4.69) is 15.1 Å². The van der Waals surface area contributed by atoms with Gasteiger partial charge in [0.25, 0.3) is 0 Å². The summed E-state index contributed by atoms with van der Waals surface area (Å²) in [7, 11) is 0. The molecule has 3 aliphatic heterocycles. The summed E-state index contributed by atoms with van der Waals surface area (Å²) in [6, 6.07) is 4.62. The number of benzene rings is 1. The van der Waals surface area contributed by atoms with Gasteiger partial charge in [-0.1, -0.05) is 0 Å². The zero-order valence-electron chi connectivity index (χ0n) is 23.5. The van der Waals surface area contributed by atoms with Crippen LogP contribution in [0.25, 0.3) is 5.69 Å². The van der Waals surface area contributed by atoms with Crippen LogP contribution in [0.15, 0.2) is 18.2 Å². The molecule has 0 spiro atoms. The molecule has 2 bridgehead atoms. The van der Waals surface area contributed by atoms with Crippen LogP contribution < -0.4 is 5.32 Å². The van der Waals surface area contributed by atoms with Gasteiger partial charge in [0, 0.05) is 58.4 Å². The fraction of sp³-hybridized carbons (Fsp3) is 0.571. The number of carbonyl (C=O) groups is 1. The number of carbonyl (C=O) groups excluding carboxylic acids is 1. The lowest BCUT2D eigenvalue weighted by Crippen LogP contribution is -2.56. The Kier molecular flexibility index (Phi) is 7.16. The summed E-state index contributed by atoms with van der Waals surface area (Å²) in [6.07, 6.45) is -4.78. The summed E-state index contributed by atoms with van der Waals surface area (Å²) in [6.45, 7) is 12.5. The van der Waals surface area contributed by atoms with E-state index in [4.69, 9.17) is 10.00 Å². The van der Waals surface area contributed by atoms with Crippen LogP contribution in [0.3, 0.4) is 0 Å². The Morgan fingerprint density at radius 3 is 2.12 bits per heavy atom. The molecule has 13 heteroatoms. The first-order chi connectivity index (χ1) is 19.2. The van der Waals surface area contributed by atoms with Crippen LogP contribution in [0.1, 0.15) is 49.9 Å². The molecular formula is C28H35F3N6O4. The van der Waals surface area contributed by atoms with E-state index in [0.717, 1.165) is 36.3 Å². The number of nitriles is 1. The van der Waals surface area contributed by atoms with Crippen molar-refractivity contribution in [1.82, 2.24) is 24.6 Å². The van der Waals surface area contributed by atoms with Crippen molar-refractivity contribution in [2.45, 2.75) is 51.1 Å². The van der Waals surface area contributed by atoms with Gasteiger partial charge in [-0.15, -0.1) is 0 Å². The molecule has 5 rings (SSSR count). The summed E-state index contributed by atoms with van der Waals surface area (Å²) < 4.78 is 48.2. The number of amides is 2. The van der Waals surface area contributed by atoms with E-state index in [9.17, 15) is 28.2 Å². The molecule has 0 aliphatic carbocycles. The molecule has 1 aromatic carbocycles. The number of rotatable bonds is 5. The molecule has 2 saturated heterocycles. The third-order valence-electron chi connectivity index (χ3n) is 8.17. The molecule has 2 fully saturated rings.